The Morgan fingerprint density at radius 3 is 2.00 bits per heavy atom. The highest BCUT2D eigenvalue weighted by molar-refractivity contribution is 6.24. The highest BCUT2D eigenvalue weighted by Crippen LogP contribution is 2.19. The van der Waals surface area contributed by atoms with Crippen molar-refractivity contribution in [2.24, 2.45) is 5.92 Å². The van der Waals surface area contributed by atoms with Gasteiger partial charge in [-0.15, -0.1) is 0 Å². The average Bonchev–Trinajstić information content (AvgIpc) is 2.54. The Bertz CT molecular complexity index is 629. The summed E-state index contributed by atoms with van der Waals surface area (Å²) in [6.07, 6.45) is 1.94. The predicted octanol–water partition coefficient (Wildman–Crippen LogP) is 4.39. The molecular weight excluding hydrogens is 270 g/mol. The van der Waals surface area contributed by atoms with E-state index in [2.05, 4.69) is 19.2 Å². The molecule has 0 saturated carbocycles. The third-order valence-electron chi connectivity index (χ3n) is 3.80. The maximum atomic E-state index is 12.7. The molecular formula is C20H23NO. The van der Waals surface area contributed by atoms with Crippen LogP contribution in [0, 0.1) is 5.92 Å². The monoisotopic (exact) mass is 293 g/mol. The van der Waals surface area contributed by atoms with E-state index < -0.39 is 0 Å². The first-order chi connectivity index (χ1) is 10.6. The second-order valence-electron chi connectivity index (χ2n) is 5.84. The highest BCUT2D eigenvalue weighted by atomic mass is 16.1. The van der Waals surface area contributed by atoms with Crippen LogP contribution >= 0.6 is 0 Å². The van der Waals surface area contributed by atoms with Crippen molar-refractivity contribution < 1.29 is 4.79 Å². The van der Waals surface area contributed by atoms with Crippen LogP contribution < -0.4 is 5.32 Å². The summed E-state index contributed by atoms with van der Waals surface area (Å²) in [5.74, 6) is 0.369. The normalized spacial score (nSPS) is 13.0. The minimum Gasteiger partial charge on any atom is -0.349 e. The van der Waals surface area contributed by atoms with E-state index in [1.807, 2.05) is 73.7 Å². The number of rotatable bonds is 5. The van der Waals surface area contributed by atoms with Gasteiger partial charge in [0.15, 0.2) is 0 Å². The summed E-state index contributed by atoms with van der Waals surface area (Å²) in [7, 11) is 0. The summed E-state index contributed by atoms with van der Waals surface area (Å²) in [4.78, 5) is 12.7. The van der Waals surface area contributed by atoms with E-state index in [1.54, 1.807) is 0 Å². The SMILES string of the molecule is CC(C)C(C)NC(=O)/C(=C/c1ccccc1)c1ccccc1. The van der Waals surface area contributed by atoms with Crippen LogP contribution in [0.15, 0.2) is 60.7 Å². The molecule has 0 spiro atoms. The van der Waals surface area contributed by atoms with Crippen molar-refractivity contribution >= 4 is 17.6 Å². The van der Waals surface area contributed by atoms with Crippen LogP contribution in [0.5, 0.6) is 0 Å². The lowest BCUT2D eigenvalue weighted by Gasteiger charge is -2.19. The zero-order chi connectivity index (χ0) is 15.9. The van der Waals surface area contributed by atoms with Gasteiger partial charge >= 0.3 is 0 Å². The van der Waals surface area contributed by atoms with Gasteiger partial charge < -0.3 is 5.32 Å². The molecule has 0 aliphatic rings. The molecule has 114 valence electrons. The second kappa shape index (κ2) is 7.60. The van der Waals surface area contributed by atoms with Crippen molar-refractivity contribution in [1.29, 1.82) is 0 Å². The van der Waals surface area contributed by atoms with E-state index in [1.165, 1.54) is 0 Å². The Balaban J connectivity index is 2.34. The second-order valence-corrected chi connectivity index (χ2v) is 5.84. The van der Waals surface area contributed by atoms with Crippen LogP contribution in [0.4, 0.5) is 0 Å². The van der Waals surface area contributed by atoms with Gasteiger partial charge in [-0.3, -0.25) is 4.79 Å². The zero-order valence-corrected chi connectivity index (χ0v) is 13.4. The Hall–Kier alpha value is -2.35. The molecule has 1 amide bonds. The summed E-state index contributed by atoms with van der Waals surface area (Å²) >= 11 is 0. The van der Waals surface area contributed by atoms with Gasteiger partial charge in [0.25, 0.3) is 5.91 Å². The Kier molecular flexibility index (Phi) is 5.54. The summed E-state index contributed by atoms with van der Waals surface area (Å²) in [5, 5.41) is 3.09. The van der Waals surface area contributed by atoms with E-state index >= 15 is 0 Å². The molecule has 0 fully saturated rings. The van der Waals surface area contributed by atoms with Crippen molar-refractivity contribution in [1.82, 2.24) is 5.32 Å². The molecule has 2 heteroatoms. The Morgan fingerprint density at radius 1 is 0.909 bits per heavy atom. The fraction of sp³-hybridized carbons (Fsp3) is 0.250. The van der Waals surface area contributed by atoms with Crippen molar-refractivity contribution in [3.63, 3.8) is 0 Å². The van der Waals surface area contributed by atoms with E-state index in [-0.39, 0.29) is 11.9 Å². The molecule has 0 saturated heterocycles. The molecule has 1 atom stereocenters. The van der Waals surface area contributed by atoms with E-state index in [9.17, 15) is 4.79 Å². The standard InChI is InChI=1S/C20H23NO/c1-15(2)16(3)21-20(22)19(18-12-8-5-9-13-18)14-17-10-6-4-7-11-17/h4-16H,1-3H3,(H,21,22)/b19-14+. The fourth-order valence-electron chi connectivity index (χ4n) is 2.06. The molecule has 0 aromatic heterocycles. The van der Waals surface area contributed by atoms with Gasteiger partial charge in [0.2, 0.25) is 0 Å². The van der Waals surface area contributed by atoms with Crippen LogP contribution in [0.1, 0.15) is 31.9 Å². The molecule has 0 aliphatic carbocycles. The third kappa shape index (κ3) is 4.32. The third-order valence-corrected chi connectivity index (χ3v) is 3.80. The summed E-state index contributed by atoms with van der Waals surface area (Å²) in [6.45, 7) is 6.25. The van der Waals surface area contributed by atoms with Gasteiger partial charge in [-0.2, -0.15) is 0 Å². The maximum Gasteiger partial charge on any atom is 0.252 e. The highest BCUT2D eigenvalue weighted by Gasteiger charge is 2.16. The van der Waals surface area contributed by atoms with E-state index in [0.29, 0.717) is 11.5 Å². The van der Waals surface area contributed by atoms with Gasteiger partial charge in [-0.05, 0) is 30.0 Å². The van der Waals surface area contributed by atoms with Crippen LogP contribution in [0.3, 0.4) is 0 Å². The molecule has 2 rings (SSSR count). The molecule has 0 aliphatic heterocycles. The molecule has 1 unspecified atom stereocenters. The Labute approximate surface area is 132 Å². The molecule has 2 aromatic carbocycles. The minimum atomic E-state index is -0.0312. The van der Waals surface area contributed by atoms with Crippen LogP contribution in [0.2, 0.25) is 0 Å². The van der Waals surface area contributed by atoms with Gasteiger partial charge in [0, 0.05) is 11.6 Å². The maximum absolute atomic E-state index is 12.7. The molecule has 0 heterocycles. The van der Waals surface area contributed by atoms with Gasteiger partial charge in [0.05, 0.1) is 0 Å². The lowest BCUT2D eigenvalue weighted by atomic mass is 10.0. The summed E-state index contributed by atoms with van der Waals surface area (Å²) < 4.78 is 0. The van der Waals surface area contributed by atoms with Gasteiger partial charge in [-0.1, -0.05) is 74.5 Å². The fourth-order valence-corrected chi connectivity index (χ4v) is 2.06. The molecule has 2 nitrogen and oxygen atoms in total. The summed E-state index contributed by atoms with van der Waals surface area (Å²) in [6, 6.07) is 19.9. The number of hydrogen-bond acceptors (Lipinski definition) is 1. The first-order valence-electron chi connectivity index (χ1n) is 7.71. The van der Waals surface area contributed by atoms with E-state index in [0.717, 1.165) is 11.1 Å². The number of carbonyl (C=O) groups excluding carboxylic acids is 1. The lowest BCUT2D eigenvalue weighted by Crippen LogP contribution is -2.36. The molecule has 0 radical (unpaired) electrons. The number of benzene rings is 2. The largest absolute Gasteiger partial charge is 0.349 e. The van der Waals surface area contributed by atoms with Crippen molar-refractivity contribution in [3.8, 4) is 0 Å². The summed E-state index contributed by atoms with van der Waals surface area (Å²) in [5.41, 5.74) is 2.65. The number of hydrogen-bond donors (Lipinski definition) is 1. The first-order valence-corrected chi connectivity index (χ1v) is 7.71. The van der Waals surface area contributed by atoms with Gasteiger partial charge in [0.1, 0.15) is 0 Å². The topological polar surface area (TPSA) is 29.1 Å². The van der Waals surface area contributed by atoms with Crippen molar-refractivity contribution in [2.45, 2.75) is 26.8 Å². The van der Waals surface area contributed by atoms with Crippen molar-refractivity contribution in [2.75, 3.05) is 0 Å². The van der Waals surface area contributed by atoms with Crippen LogP contribution in [0.25, 0.3) is 11.6 Å². The van der Waals surface area contributed by atoms with Crippen molar-refractivity contribution in [3.05, 3.63) is 71.8 Å². The minimum absolute atomic E-state index is 0.0312. The predicted molar refractivity (Wildman–Crippen MR) is 93.2 cm³/mol. The number of amides is 1. The molecule has 22 heavy (non-hydrogen) atoms. The lowest BCUT2D eigenvalue weighted by molar-refractivity contribution is -0.116. The quantitative estimate of drug-likeness (QED) is 0.643. The first kappa shape index (κ1) is 16.0. The van der Waals surface area contributed by atoms with Gasteiger partial charge in [-0.25, -0.2) is 0 Å². The molecule has 0 bridgehead atoms. The number of nitrogens with one attached hydrogen (secondary N) is 1. The number of carbonyl (C=O) groups is 1. The van der Waals surface area contributed by atoms with E-state index in [4.69, 9.17) is 0 Å². The smallest absolute Gasteiger partial charge is 0.252 e. The van der Waals surface area contributed by atoms with Crippen LogP contribution in [-0.2, 0) is 4.79 Å². The molecule has 2 aromatic rings. The zero-order valence-electron chi connectivity index (χ0n) is 13.4. The van der Waals surface area contributed by atoms with Crippen LogP contribution in [-0.4, -0.2) is 11.9 Å². The molecule has 1 N–H and O–H groups in total. The average molecular weight is 293 g/mol. The Morgan fingerprint density at radius 2 is 1.45 bits per heavy atom.